The second kappa shape index (κ2) is 16.5. The maximum absolute atomic E-state index is 11.8. The molecular formula is C45H70O7Si2. The fraction of sp³-hybridized carbons (Fsp3) is 0.644. The molecule has 2 heterocycles. The summed E-state index contributed by atoms with van der Waals surface area (Å²) < 4.78 is 39.8. The molecule has 2 aromatic rings. The number of aliphatic hydroxyl groups is 1. The molecule has 0 bridgehead atoms. The molecule has 300 valence electrons. The van der Waals surface area contributed by atoms with E-state index >= 15 is 0 Å². The molecule has 1 spiro atoms. The molecule has 0 unspecified atom stereocenters. The minimum atomic E-state index is -2.73. The average Bonchev–Trinajstić information content (AvgIpc) is 3.10. The normalized spacial score (nSPS) is 29.6. The van der Waals surface area contributed by atoms with Gasteiger partial charge in [-0.1, -0.05) is 121 Å². The number of rotatable bonds is 11. The number of allylic oxidation sites excluding steroid dienone is 1. The molecule has 5 rings (SSSR count). The third-order valence-corrected chi connectivity index (χ3v) is 22.1. The van der Waals surface area contributed by atoms with Crippen LogP contribution in [0.3, 0.4) is 0 Å². The average molecular weight is 779 g/mol. The highest BCUT2D eigenvalue weighted by atomic mass is 28.4. The molecular weight excluding hydrogens is 709 g/mol. The van der Waals surface area contributed by atoms with Crippen molar-refractivity contribution in [2.45, 2.75) is 160 Å². The van der Waals surface area contributed by atoms with Gasteiger partial charge in [0, 0.05) is 19.4 Å². The van der Waals surface area contributed by atoms with Crippen LogP contribution < -0.4 is 10.4 Å². The van der Waals surface area contributed by atoms with E-state index in [2.05, 4.69) is 134 Å². The van der Waals surface area contributed by atoms with Crippen LogP contribution in [0.1, 0.15) is 94.9 Å². The van der Waals surface area contributed by atoms with Crippen LogP contribution in [0.25, 0.3) is 0 Å². The Labute approximate surface area is 329 Å². The molecule has 0 radical (unpaired) electrons. The molecule has 2 aliphatic heterocycles. The SMILES string of the molecule is CO[C@@H]1C[C@H](/C=C(\C)[C@H](O)[C@H](C)[C@@H]2C[C@]3(C=C[C@@H](O[Si](C)(C)C(C)(C)C)CO3)OC(C)(C)O2)CC[C@H]1O[Si](c1ccccc1)(c1ccccc1)C(C)(C)C. The van der Waals surface area contributed by atoms with Crippen molar-refractivity contribution in [1.82, 2.24) is 0 Å². The Kier molecular flexibility index (Phi) is 13.2. The number of hydrogen-bond donors (Lipinski definition) is 1. The maximum atomic E-state index is 11.8. The summed E-state index contributed by atoms with van der Waals surface area (Å²) in [7, 11) is -2.89. The lowest BCUT2D eigenvalue weighted by atomic mass is 9.82. The van der Waals surface area contributed by atoms with Crippen LogP contribution in [-0.4, -0.2) is 77.6 Å². The lowest BCUT2D eigenvalue weighted by Crippen LogP contribution is -2.68. The minimum absolute atomic E-state index is 0.0420. The number of hydrogen-bond acceptors (Lipinski definition) is 7. The first-order chi connectivity index (χ1) is 25.1. The first kappa shape index (κ1) is 43.2. The van der Waals surface area contributed by atoms with Gasteiger partial charge in [0.15, 0.2) is 19.9 Å². The van der Waals surface area contributed by atoms with E-state index in [0.29, 0.717) is 13.0 Å². The van der Waals surface area contributed by atoms with Crippen molar-refractivity contribution in [1.29, 1.82) is 0 Å². The van der Waals surface area contributed by atoms with Crippen LogP contribution in [-0.2, 0) is 27.8 Å². The van der Waals surface area contributed by atoms with Crippen molar-refractivity contribution in [2.24, 2.45) is 11.8 Å². The van der Waals surface area contributed by atoms with Gasteiger partial charge in [-0.2, -0.15) is 0 Å². The zero-order valence-electron chi connectivity index (χ0n) is 35.5. The molecule has 1 N–H and O–H groups in total. The van der Waals surface area contributed by atoms with E-state index < -0.39 is 34.3 Å². The van der Waals surface area contributed by atoms with Crippen molar-refractivity contribution in [3.8, 4) is 0 Å². The molecule has 1 aliphatic carbocycles. The summed E-state index contributed by atoms with van der Waals surface area (Å²) in [5.74, 6) is -1.74. The summed E-state index contributed by atoms with van der Waals surface area (Å²) in [6.07, 6.45) is 8.37. The van der Waals surface area contributed by atoms with Crippen molar-refractivity contribution < 1.29 is 32.9 Å². The fourth-order valence-corrected chi connectivity index (χ4v) is 14.5. The van der Waals surface area contributed by atoms with E-state index in [9.17, 15) is 5.11 Å². The smallest absolute Gasteiger partial charge is 0.261 e. The van der Waals surface area contributed by atoms with E-state index in [1.54, 1.807) is 0 Å². The largest absolute Gasteiger partial charge is 0.408 e. The number of methoxy groups -OCH3 is 1. The highest BCUT2D eigenvalue weighted by molar-refractivity contribution is 6.99. The highest BCUT2D eigenvalue weighted by Gasteiger charge is 2.53. The molecule has 2 fully saturated rings. The zero-order chi connectivity index (χ0) is 39.7. The molecule has 0 aromatic heterocycles. The highest BCUT2D eigenvalue weighted by Crippen LogP contribution is 2.44. The van der Waals surface area contributed by atoms with Gasteiger partial charge in [0.05, 0.1) is 37.1 Å². The van der Waals surface area contributed by atoms with Crippen LogP contribution in [0.2, 0.25) is 23.2 Å². The van der Waals surface area contributed by atoms with Gasteiger partial charge in [0.25, 0.3) is 8.32 Å². The van der Waals surface area contributed by atoms with Crippen molar-refractivity contribution in [3.63, 3.8) is 0 Å². The number of ether oxygens (including phenoxy) is 4. The van der Waals surface area contributed by atoms with Crippen LogP contribution in [0.15, 0.2) is 84.5 Å². The van der Waals surface area contributed by atoms with Crippen molar-refractivity contribution in [3.05, 3.63) is 84.5 Å². The molecule has 9 heteroatoms. The van der Waals surface area contributed by atoms with Crippen LogP contribution in [0.4, 0.5) is 0 Å². The first-order valence-corrected chi connectivity index (χ1v) is 25.0. The number of benzene rings is 2. The summed E-state index contributed by atoms with van der Waals surface area (Å²) in [6.45, 7) is 26.6. The topological polar surface area (TPSA) is 75.6 Å². The standard InChI is InChI=1S/C45H70O7Si2/c1-32(41(46)33(2)40-30-45(52-44(9,10)49-40)27-26-35(31-48-45)50-53(12,13)42(3,4)5)28-34-24-25-38(39(29-34)47-11)51-54(43(6,7)8,36-20-16-14-17-21-36)37-22-18-15-19-23-37/h14-23,26-28,33-35,38-41,46H,24-25,29-31H2,1-13H3/b32-28+/t33-,34+,35-,38-,39-,40+,41+,45+/m1/s1. The van der Waals surface area contributed by atoms with E-state index in [0.717, 1.165) is 24.8 Å². The molecule has 2 aromatic carbocycles. The number of aliphatic hydroxyl groups excluding tert-OH is 1. The van der Waals surface area contributed by atoms with Gasteiger partial charge in [-0.3, -0.25) is 0 Å². The summed E-state index contributed by atoms with van der Waals surface area (Å²) >= 11 is 0. The summed E-state index contributed by atoms with van der Waals surface area (Å²) in [4.78, 5) is 0. The molecule has 54 heavy (non-hydrogen) atoms. The fourth-order valence-electron chi connectivity index (χ4n) is 8.53. The Bertz CT molecular complexity index is 1540. The van der Waals surface area contributed by atoms with E-state index in [4.69, 9.17) is 27.8 Å². The van der Waals surface area contributed by atoms with E-state index in [1.807, 2.05) is 34.0 Å². The quantitative estimate of drug-likeness (QED) is 0.181. The van der Waals surface area contributed by atoms with Gasteiger partial charge in [0.1, 0.15) is 0 Å². The van der Waals surface area contributed by atoms with Gasteiger partial charge in [-0.15, -0.1) is 0 Å². The molecule has 1 saturated carbocycles. The minimum Gasteiger partial charge on any atom is -0.408 e. The second-order valence-electron chi connectivity index (χ2n) is 19.1. The predicted octanol–water partition coefficient (Wildman–Crippen LogP) is 8.90. The molecule has 8 atom stereocenters. The Morgan fingerprint density at radius 1 is 0.889 bits per heavy atom. The van der Waals surface area contributed by atoms with E-state index in [1.165, 1.54) is 10.4 Å². The maximum Gasteiger partial charge on any atom is 0.261 e. The van der Waals surface area contributed by atoms with Gasteiger partial charge < -0.3 is 32.9 Å². The van der Waals surface area contributed by atoms with Gasteiger partial charge in [-0.05, 0) is 91.1 Å². The summed E-state index contributed by atoms with van der Waals surface area (Å²) in [5.41, 5.74) is 0.957. The van der Waals surface area contributed by atoms with Crippen LogP contribution >= 0.6 is 0 Å². The Hall–Kier alpha value is -1.93. The van der Waals surface area contributed by atoms with Gasteiger partial charge in [-0.25, -0.2) is 0 Å². The van der Waals surface area contributed by atoms with Crippen molar-refractivity contribution >= 4 is 27.0 Å². The zero-order valence-corrected chi connectivity index (χ0v) is 37.5. The summed E-state index contributed by atoms with van der Waals surface area (Å²) in [5, 5.41) is 14.4. The van der Waals surface area contributed by atoms with Crippen LogP contribution in [0.5, 0.6) is 0 Å². The molecule has 0 amide bonds. The molecule has 3 aliphatic rings. The lowest BCUT2D eigenvalue weighted by molar-refractivity contribution is -0.393. The Morgan fingerprint density at radius 2 is 1.48 bits per heavy atom. The third kappa shape index (κ3) is 9.43. The van der Waals surface area contributed by atoms with Gasteiger partial charge in [0.2, 0.25) is 0 Å². The summed E-state index contributed by atoms with van der Waals surface area (Å²) in [6, 6.07) is 21.7. The van der Waals surface area contributed by atoms with Crippen molar-refractivity contribution in [2.75, 3.05) is 13.7 Å². The molecule has 7 nitrogen and oxygen atoms in total. The third-order valence-electron chi connectivity index (χ3n) is 12.5. The Morgan fingerprint density at radius 3 is 1.98 bits per heavy atom. The first-order valence-electron chi connectivity index (χ1n) is 20.2. The predicted molar refractivity (Wildman–Crippen MR) is 224 cm³/mol. The molecule has 1 saturated heterocycles. The van der Waals surface area contributed by atoms with E-state index in [-0.39, 0.29) is 46.3 Å². The van der Waals surface area contributed by atoms with Gasteiger partial charge >= 0.3 is 0 Å². The van der Waals surface area contributed by atoms with Crippen LogP contribution in [0, 0.1) is 11.8 Å². The monoisotopic (exact) mass is 778 g/mol. The lowest BCUT2D eigenvalue weighted by Gasteiger charge is -2.50. The second-order valence-corrected chi connectivity index (χ2v) is 28.2. The Balaban J connectivity index is 1.29.